The van der Waals surface area contributed by atoms with Crippen molar-refractivity contribution in [1.82, 2.24) is 0 Å². The zero-order valence-electron chi connectivity index (χ0n) is 16.5. The van der Waals surface area contributed by atoms with Crippen LogP contribution in [0.25, 0.3) is 0 Å². The molecule has 0 spiro atoms. The molecule has 0 saturated carbocycles. The van der Waals surface area contributed by atoms with Crippen LogP contribution < -0.4 is 10.1 Å². The number of carbonyl (C=O) groups excluding carboxylic acids is 2. The van der Waals surface area contributed by atoms with Gasteiger partial charge in [0.2, 0.25) is 0 Å². The number of benzene rings is 2. The number of rotatable bonds is 7. The summed E-state index contributed by atoms with van der Waals surface area (Å²) in [6, 6.07) is 12.5. The van der Waals surface area contributed by atoms with Gasteiger partial charge in [-0.25, -0.2) is 4.79 Å². The molecule has 0 aliphatic heterocycles. The lowest BCUT2D eigenvalue weighted by Gasteiger charge is -2.15. The second-order valence-corrected chi connectivity index (χ2v) is 7.08. The number of amides is 1. The van der Waals surface area contributed by atoms with Crippen molar-refractivity contribution in [2.24, 2.45) is 5.92 Å². The summed E-state index contributed by atoms with van der Waals surface area (Å²) in [6.07, 6.45) is -0.908. The zero-order valence-corrected chi connectivity index (χ0v) is 16.5. The molecule has 5 nitrogen and oxygen atoms in total. The minimum Gasteiger partial charge on any atom is -0.493 e. The summed E-state index contributed by atoms with van der Waals surface area (Å²) in [5.74, 6) is 0.204. The Hall–Kier alpha value is -2.82. The van der Waals surface area contributed by atoms with E-state index in [9.17, 15) is 9.59 Å². The van der Waals surface area contributed by atoms with Crippen molar-refractivity contribution in [3.63, 3.8) is 0 Å². The highest BCUT2D eigenvalue weighted by molar-refractivity contribution is 5.97. The van der Waals surface area contributed by atoms with Gasteiger partial charge in [0.15, 0.2) is 6.10 Å². The van der Waals surface area contributed by atoms with Gasteiger partial charge in [-0.2, -0.15) is 0 Å². The van der Waals surface area contributed by atoms with Crippen LogP contribution in [0, 0.1) is 19.8 Å². The summed E-state index contributed by atoms with van der Waals surface area (Å²) in [4.78, 5) is 24.6. The lowest BCUT2D eigenvalue weighted by atomic mass is 10.1. The van der Waals surface area contributed by atoms with Crippen molar-refractivity contribution in [2.45, 2.75) is 40.7 Å². The topological polar surface area (TPSA) is 64.6 Å². The van der Waals surface area contributed by atoms with Crippen LogP contribution in [0.4, 0.5) is 5.69 Å². The first kappa shape index (κ1) is 20.5. The van der Waals surface area contributed by atoms with Gasteiger partial charge in [0.25, 0.3) is 5.91 Å². The maximum atomic E-state index is 12.3. The Morgan fingerprint density at radius 1 is 1.00 bits per heavy atom. The van der Waals surface area contributed by atoms with Crippen LogP contribution in [0.15, 0.2) is 42.5 Å². The lowest BCUT2D eigenvalue weighted by Crippen LogP contribution is -2.30. The van der Waals surface area contributed by atoms with E-state index in [-0.39, 0.29) is 5.91 Å². The van der Waals surface area contributed by atoms with Gasteiger partial charge in [0.05, 0.1) is 12.2 Å². The molecule has 0 bridgehead atoms. The number of esters is 1. The summed E-state index contributed by atoms with van der Waals surface area (Å²) >= 11 is 0. The van der Waals surface area contributed by atoms with Crippen molar-refractivity contribution >= 4 is 17.6 Å². The van der Waals surface area contributed by atoms with E-state index in [0.717, 1.165) is 16.8 Å². The first-order valence-corrected chi connectivity index (χ1v) is 9.08. The molecule has 1 N–H and O–H groups in total. The van der Waals surface area contributed by atoms with Crippen LogP contribution in [-0.4, -0.2) is 24.6 Å². The first-order chi connectivity index (χ1) is 12.8. The molecule has 0 aliphatic carbocycles. The SMILES string of the molecule is Cc1ccc(C)c(NC(=O)[C@H](C)OC(=O)c2ccc(OCC(C)C)cc2)c1. The molecule has 2 rings (SSSR count). The monoisotopic (exact) mass is 369 g/mol. The molecule has 0 heterocycles. The first-order valence-electron chi connectivity index (χ1n) is 9.08. The predicted octanol–water partition coefficient (Wildman–Crippen LogP) is 4.52. The third kappa shape index (κ3) is 6.13. The maximum absolute atomic E-state index is 12.3. The summed E-state index contributed by atoms with van der Waals surface area (Å²) in [5.41, 5.74) is 3.08. The predicted molar refractivity (Wildman–Crippen MR) is 106 cm³/mol. The molecule has 0 radical (unpaired) electrons. The van der Waals surface area contributed by atoms with E-state index < -0.39 is 12.1 Å². The Balaban J connectivity index is 1.94. The molecule has 2 aromatic rings. The number of ether oxygens (including phenoxy) is 2. The smallest absolute Gasteiger partial charge is 0.338 e. The number of hydrogen-bond donors (Lipinski definition) is 1. The Kier molecular flexibility index (Phi) is 6.99. The highest BCUT2D eigenvalue weighted by Crippen LogP contribution is 2.18. The molecular weight excluding hydrogens is 342 g/mol. The van der Waals surface area contributed by atoms with Crippen LogP contribution in [0.1, 0.15) is 42.3 Å². The van der Waals surface area contributed by atoms with E-state index in [4.69, 9.17) is 9.47 Å². The van der Waals surface area contributed by atoms with Gasteiger partial charge >= 0.3 is 5.97 Å². The van der Waals surface area contributed by atoms with E-state index in [1.807, 2.05) is 32.0 Å². The lowest BCUT2D eigenvalue weighted by molar-refractivity contribution is -0.123. The van der Waals surface area contributed by atoms with E-state index in [0.29, 0.717) is 23.8 Å². The summed E-state index contributed by atoms with van der Waals surface area (Å²) in [7, 11) is 0. The number of anilines is 1. The van der Waals surface area contributed by atoms with Crippen LogP contribution in [-0.2, 0) is 9.53 Å². The van der Waals surface area contributed by atoms with Gasteiger partial charge in [0, 0.05) is 5.69 Å². The molecule has 0 fully saturated rings. The van der Waals surface area contributed by atoms with E-state index in [1.54, 1.807) is 31.2 Å². The fraction of sp³-hybridized carbons (Fsp3) is 0.364. The molecule has 27 heavy (non-hydrogen) atoms. The number of hydrogen-bond acceptors (Lipinski definition) is 4. The van der Waals surface area contributed by atoms with Crippen molar-refractivity contribution in [2.75, 3.05) is 11.9 Å². The van der Waals surface area contributed by atoms with Gasteiger partial charge in [0.1, 0.15) is 5.75 Å². The van der Waals surface area contributed by atoms with Gasteiger partial charge < -0.3 is 14.8 Å². The summed E-state index contributed by atoms with van der Waals surface area (Å²) in [6.45, 7) is 10.2. The average molecular weight is 369 g/mol. The Labute approximate surface area is 160 Å². The molecule has 0 aliphatic rings. The molecule has 0 unspecified atom stereocenters. The Morgan fingerprint density at radius 3 is 2.30 bits per heavy atom. The maximum Gasteiger partial charge on any atom is 0.338 e. The minimum atomic E-state index is -0.908. The quantitative estimate of drug-likeness (QED) is 0.729. The largest absolute Gasteiger partial charge is 0.493 e. The fourth-order valence-corrected chi connectivity index (χ4v) is 2.34. The third-order valence-electron chi connectivity index (χ3n) is 3.98. The van der Waals surface area contributed by atoms with Crippen molar-refractivity contribution in [1.29, 1.82) is 0 Å². The van der Waals surface area contributed by atoms with E-state index in [2.05, 4.69) is 19.2 Å². The molecule has 144 valence electrons. The average Bonchev–Trinajstić information content (AvgIpc) is 2.63. The minimum absolute atomic E-state index is 0.367. The van der Waals surface area contributed by atoms with Crippen LogP contribution in [0.3, 0.4) is 0 Å². The molecule has 1 amide bonds. The number of nitrogens with one attached hydrogen (secondary N) is 1. The molecule has 0 saturated heterocycles. The summed E-state index contributed by atoms with van der Waals surface area (Å²) < 4.78 is 10.9. The third-order valence-corrected chi connectivity index (χ3v) is 3.98. The molecule has 1 atom stereocenters. The second kappa shape index (κ2) is 9.21. The Morgan fingerprint density at radius 2 is 1.67 bits per heavy atom. The van der Waals surface area contributed by atoms with Gasteiger partial charge in [-0.3, -0.25) is 4.79 Å². The van der Waals surface area contributed by atoms with Crippen molar-refractivity contribution in [3.8, 4) is 5.75 Å². The number of carbonyl (C=O) groups is 2. The van der Waals surface area contributed by atoms with Crippen molar-refractivity contribution in [3.05, 3.63) is 59.2 Å². The van der Waals surface area contributed by atoms with Gasteiger partial charge in [-0.05, 0) is 68.1 Å². The molecular formula is C22H27NO4. The standard InChI is InChI=1S/C22H27NO4/c1-14(2)13-26-19-10-8-18(9-11-19)22(25)27-17(5)21(24)23-20-12-15(3)6-7-16(20)4/h6-12,14,17H,13H2,1-5H3,(H,23,24)/t17-/m0/s1. The van der Waals surface area contributed by atoms with Gasteiger partial charge in [-0.1, -0.05) is 26.0 Å². The highest BCUT2D eigenvalue weighted by Gasteiger charge is 2.19. The fourth-order valence-electron chi connectivity index (χ4n) is 2.34. The van der Waals surface area contributed by atoms with Crippen LogP contribution >= 0.6 is 0 Å². The van der Waals surface area contributed by atoms with E-state index in [1.165, 1.54) is 0 Å². The van der Waals surface area contributed by atoms with E-state index >= 15 is 0 Å². The molecule has 2 aromatic carbocycles. The molecule has 0 aromatic heterocycles. The normalized spacial score (nSPS) is 11.8. The second-order valence-electron chi connectivity index (χ2n) is 7.08. The number of aryl methyl sites for hydroxylation is 2. The zero-order chi connectivity index (χ0) is 20.0. The molecule has 5 heteroatoms. The Bertz CT molecular complexity index is 796. The van der Waals surface area contributed by atoms with Gasteiger partial charge in [-0.15, -0.1) is 0 Å². The van der Waals surface area contributed by atoms with Crippen LogP contribution in [0.5, 0.6) is 5.75 Å². The highest BCUT2D eigenvalue weighted by atomic mass is 16.5. The van der Waals surface area contributed by atoms with Crippen molar-refractivity contribution < 1.29 is 19.1 Å². The van der Waals surface area contributed by atoms with Crippen LogP contribution in [0.2, 0.25) is 0 Å². The summed E-state index contributed by atoms with van der Waals surface area (Å²) in [5, 5.41) is 2.81.